The van der Waals surface area contributed by atoms with Crippen LogP contribution in [-0.4, -0.2) is 59.0 Å². The Morgan fingerprint density at radius 3 is 2.42 bits per heavy atom. The normalized spacial score (nSPS) is 21.1. The second-order valence-electron chi connectivity index (χ2n) is 7.02. The van der Waals surface area contributed by atoms with Crippen molar-refractivity contribution in [2.45, 2.75) is 36.8 Å². The number of hydrogen-bond acceptors (Lipinski definition) is 4. The third-order valence-electron chi connectivity index (χ3n) is 5.12. The van der Waals surface area contributed by atoms with Crippen LogP contribution in [0.3, 0.4) is 0 Å². The van der Waals surface area contributed by atoms with Crippen molar-refractivity contribution < 1.29 is 13.2 Å². The Kier molecular flexibility index (Phi) is 5.79. The molecule has 3 rings (SSSR count). The molecule has 1 aromatic rings. The average molecular weight is 395 g/mol. The molecule has 1 spiro atoms. The van der Waals surface area contributed by atoms with Crippen LogP contribution in [-0.2, 0) is 14.8 Å². The third kappa shape index (κ3) is 3.85. The molecular formula is C19H26N2O3S2. The maximum absolute atomic E-state index is 12.8. The molecule has 0 bridgehead atoms. The number of thioether (sulfide) groups is 1. The largest absolute Gasteiger partial charge is 0.324 e. The van der Waals surface area contributed by atoms with E-state index in [1.165, 1.54) is 0 Å². The fourth-order valence-corrected chi connectivity index (χ4v) is 6.29. The van der Waals surface area contributed by atoms with Gasteiger partial charge >= 0.3 is 0 Å². The van der Waals surface area contributed by atoms with Crippen LogP contribution in [0.5, 0.6) is 0 Å². The molecule has 0 unspecified atom stereocenters. The molecule has 7 heteroatoms. The van der Waals surface area contributed by atoms with Crippen LogP contribution in [0.25, 0.3) is 6.08 Å². The average Bonchev–Trinajstić information content (AvgIpc) is 3.04. The van der Waals surface area contributed by atoms with Crippen LogP contribution in [0.4, 0.5) is 0 Å². The van der Waals surface area contributed by atoms with Crippen LogP contribution in [0.15, 0.2) is 36.4 Å². The molecule has 0 saturated carbocycles. The molecule has 0 radical (unpaired) electrons. The number of sulfonamides is 1. The summed E-state index contributed by atoms with van der Waals surface area (Å²) < 4.78 is 26.4. The quantitative estimate of drug-likeness (QED) is 0.737. The maximum Gasteiger partial charge on any atom is 0.247 e. The van der Waals surface area contributed by atoms with Crippen molar-refractivity contribution in [2.75, 3.05) is 25.4 Å². The van der Waals surface area contributed by atoms with Gasteiger partial charge in [0, 0.05) is 31.5 Å². The van der Waals surface area contributed by atoms with Gasteiger partial charge in [-0.3, -0.25) is 4.79 Å². The molecule has 0 aliphatic carbocycles. The second-order valence-corrected chi connectivity index (χ2v) is 11.0. The van der Waals surface area contributed by atoms with Gasteiger partial charge in [-0.2, -0.15) is 0 Å². The summed E-state index contributed by atoms with van der Waals surface area (Å²) >= 11 is 1.79. The highest BCUT2D eigenvalue weighted by atomic mass is 32.2. The first kappa shape index (κ1) is 19.5. The van der Waals surface area contributed by atoms with Gasteiger partial charge in [0.15, 0.2) is 0 Å². The summed E-state index contributed by atoms with van der Waals surface area (Å²) in [5.41, 5.74) is 1.000. The highest BCUT2D eigenvalue weighted by molar-refractivity contribution is 8.00. The van der Waals surface area contributed by atoms with Gasteiger partial charge in [0.05, 0.1) is 10.1 Å². The fraction of sp³-hybridized carbons (Fsp3) is 0.526. The van der Waals surface area contributed by atoms with E-state index in [0.29, 0.717) is 25.9 Å². The van der Waals surface area contributed by atoms with E-state index in [4.69, 9.17) is 0 Å². The number of carbonyl (C=O) groups excluding carboxylic acids is 1. The Balaban J connectivity index is 1.69. The number of benzene rings is 1. The number of amides is 1. The van der Waals surface area contributed by atoms with Crippen LogP contribution in [0.1, 0.15) is 32.3 Å². The molecule has 1 amide bonds. The zero-order chi connectivity index (χ0) is 18.8. The fourth-order valence-electron chi connectivity index (χ4n) is 3.54. The van der Waals surface area contributed by atoms with Gasteiger partial charge in [0.25, 0.3) is 0 Å². The van der Waals surface area contributed by atoms with E-state index < -0.39 is 15.3 Å². The second kappa shape index (κ2) is 7.74. The Hall–Kier alpha value is -1.31. The first-order chi connectivity index (χ1) is 12.3. The minimum atomic E-state index is -3.22. The Morgan fingerprint density at radius 1 is 1.15 bits per heavy atom. The van der Waals surface area contributed by atoms with E-state index in [9.17, 15) is 13.2 Å². The summed E-state index contributed by atoms with van der Waals surface area (Å²) in [6.07, 6.45) is 4.86. The zero-order valence-electron chi connectivity index (χ0n) is 15.3. The highest BCUT2D eigenvalue weighted by Crippen LogP contribution is 2.44. The molecule has 0 aromatic heterocycles. The summed E-state index contributed by atoms with van der Waals surface area (Å²) in [5, 5.41) is -0.403. The number of hydrogen-bond donors (Lipinski definition) is 0. The van der Waals surface area contributed by atoms with Gasteiger partial charge in [-0.1, -0.05) is 30.3 Å². The standard InChI is InChI=1S/C19H26N2O3S2/c1-16(2)26(23,24)20-12-10-19(11-13-20)21(14-15-25-19)18(22)9-8-17-6-4-3-5-7-17/h3-9,16H,10-15H2,1-2H3. The lowest BCUT2D eigenvalue weighted by molar-refractivity contribution is -0.129. The molecule has 0 N–H and O–H groups in total. The van der Waals surface area contributed by atoms with E-state index in [1.807, 2.05) is 41.3 Å². The Morgan fingerprint density at radius 2 is 1.81 bits per heavy atom. The first-order valence-electron chi connectivity index (χ1n) is 9.03. The lowest BCUT2D eigenvalue weighted by Crippen LogP contribution is -2.54. The SMILES string of the molecule is CC(C)S(=O)(=O)N1CCC2(CC1)SCCN2C(=O)C=Cc1ccccc1. The first-order valence-corrected chi connectivity index (χ1v) is 11.5. The molecule has 2 fully saturated rings. The van der Waals surface area contributed by atoms with Crippen LogP contribution < -0.4 is 0 Å². The summed E-state index contributed by atoms with van der Waals surface area (Å²) in [5.74, 6) is 0.918. The minimum Gasteiger partial charge on any atom is -0.324 e. The van der Waals surface area contributed by atoms with Crippen molar-refractivity contribution in [2.24, 2.45) is 0 Å². The van der Waals surface area contributed by atoms with Gasteiger partial charge in [0.1, 0.15) is 0 Å². The molecule has 0 atom stereocenters. The summed E-state index contributed by atoms with van der Waals surface area (Å²) in [7, 11) is -3.22. The van der Waals surface area contributed by atoms with Gasteiger partial charge < -0.3 is 4.90 Å². The number of carbonyl (C=O) groups is 1. The predicted molar refractivity (Wildman–Crippen MR) is 107 cm³/mol. The zero-order valence-corrected chi connectivity index (χ0v) is 16.9. The molecule has 26 heavy (non-hydrogen) atoms. The molecule has 2 saturated heterocycles. The van der Waals surface area contributed by atoms with Gasteiger partial charge in [-0.15, -0.1) is 11.8 Å². The molecule has 1 aromatic carbocycles. The maximum atomic E-state index is 12.8. The minimum absolute atomic E-state index is 0.0130. The van der Waals surface area contributed by atoms with E-state index in [2.05, 4.69) is 0 Å². The van der Waals surface area contributed by atoms with Crippen molar-refractivity contribution >= 4 is 33.8 Å². The topological polar surface area (TPSA) is 57.7 Å². The van der Waals surface area contributed by atoms with Gasteiger partial charge in [-0.05, 0) is 38.3 Å². The van der Waals surface area contributed by atoms with Gasteiger partial charge in [-0.25, -0.2) is 12.7 Å². The molecule has 2 aliphatic rings. The van der Waals surface area contributed by atoms with Crippen molar-refractivity contribution in [3.05, 3.63) is 42.0 Å². The van der Waals surface area contributed by atoms with E-state index in [-0.39, 0.29) is 10.8 Å². The molecule has 2 heterocycles. The molecule has 142 valence electrons. The van der Waals surface area contributed by atoms with Crippen molar-refractivity contribution in [3.8, 4) is 0 Å². The monoisotopic (exact) mass is 394 g/mol. The molecular weight excluding hydrogens is 368 g/mol. The van der Waals surface area contributed by atoms with Gasteiger partial charge in [0.2, 0.25) is 15.9 Å². The molecule has 5 nitrogen and oxygen atoms in total. The summed E-state index contributed by atoms with van der Waals surface area (Å²) in [6, 6.07) is 9.77. The Bertz CT molecular complexity index is 767. The smallest absolute Gasteiger partial charge is 0.247 e. The van der Waals surface area contributed by atoms with E-state index in [1.54, 1.807) is 36.0 Å². The van der Waals surface area contributed by atoms with Crippen LogP contribution >= 0.6 is 11.8 Å². The third-order valence-corrected chi connectivity index (χ3v) is 8.95. The predicted octanol–water partition coefficient (Wildman–Crippen LogP) is 2.81. The number of piperidine rings is 1. The van der Waals surface area contributed by atoms with Crippen LogP contribution in [0, 0.1) is 0 Å². The highest BCUT2D eigenvalue weighted by Gasteiger charge is 2.47. The number of rotatable bonds is 4. The summed E-state index contributed by atoms with van der Waals surface area (Å²) in [4.78, 5) is 14.5. The molecule has 2 aliphatic heterocycles. The van der Waals surface area contributed by atoms with Crippen molar-refractivity contribution in [1.29, 1.82) is 0 Å². The van der Waals surface area contributed by atoms with Crippen molar-refractivity contribution in [1.82, 2.24) is 9.21 Å². The van der Waals surface area contributed by atoms with E-state index >= 15 is 0 Å². The van der Waals surface area contributed by atoms with E-state index in [0.717, 1.165) is 17.9 Å². The summed E-state index contributed by atoms with van der Waals surface area (Å²) in [6.45, 7) is 5.13. The van der Waals surface area contributed by atoms with Crippen molar-refractivity contribution in [3.63, 3.8) is 0 Å². The van der Waals surface area contributed by atoms with Crippen LogP contribution in [0.2, 0.25) is 0 Å². The Labute approximate surface area is 160 Å². The number of nitrogens with zero attached hydrogens (tertiary/aromatic N) is 2. The lowest BCUT2D eigenvalue weighted by Gasteiger charge is -2.43. The lowest BCUT2D eigenvalue weighted by atomic mass is 10.0.